The summed E-state index contributed by atoms with van der Waals surface area (Å²) in [6.07, 6.45) is 1.63. The van der Waals surface area contributed by atoms with Crippen LogP contribution in [0.4, 0.5) is 0 Å². The minimum atomic E-state index is -0.217. The average Bonchev–Trinajstić information content (AvgIpc) is 3.05. The Hall–Kier alpha value is -0.350. The van der Waals surface area contributed by atoms with Gasteiger partial charge in [-0.05, 0) is 19.8 Å². The number of amides is 1. The van der Waals surface area contributed by atoms with Crippen LogP contribution in [0, 0.1) is 0 Å². The first-order chi connectivity index (χ1) is 10.6. The van der Waals surface area contributed by atoms with E-state index in [1.807, 2.05) is 4.90 Å². The maximum Gasteiger partial charge on any atom is 0.251 e. The van der Waals surface area contributed by atoms with Crippen LogP contribution in [0.25, 0.3) is 0 Å². The van der Waals surface area contributed by atoms with Crippen LogP contribution in [-0.2, 0) is 9.53 Å². The molecule has 8 heteroatoms. The van der Waals surface area contributed by atoms with Gasteiger partial charge in [-0.25, -0.2) is 4.99 Å². The van der Waals surface area contributed by atoms with Crippen LogP contribution in [0.5, 0.6) is 0 Å². The maximum atomic E-state index is 12.3. The summed E-state index contributed by atoms with van der Waals surface area (Å²) >= 11 is 3.33. The molecule has 1 amide bonds. The predicted octanol–water partition coefficient (Wildman–Crippen LogP) is 1.80. The molecule has 0 aromatic rings. The summed E-state index contributed by atoms with van der Waals surface area (Å²) in [6.45, 7) is 11.0. The smallest absolute Gasteiger partial charge is 0.251 e. The number of ether oxygens (including phenoxy) is 1. The fourth-order valence-corrected chi connectivity index (χ4v) is 2.83. The van der Waals surface area contributed by atoms with Crippen molar-refractivity contribution < 1.29 is 9.53 Å². The Morgan fingerprint density at radius 2 is 2.00 bits per heavy atom. The number of carbonyl (C=O) groups is 1. The molecule has 132 valence electrons. The number of carbonyl (C=O) groups excluding carboxylic acids is 1. The molecule has 2 aliphatic heterocycles. The van der Waals surface area contributed by atoms with Crippen molar-refractivity contribution in [3.63, 3.8) is 0 Å². The van der Waals surface area contributed by atoms with E-state index in [2.05, 4.69) is 44.6 Å². The molecule has 2 fully saturated rings. The molecule has 0 radical (unpaired) electrons. The van der Waals surface area contributed by atoms with Crippen LogP contribution < -0.4 is 5.32 Å². The van der Waals surface area contributed by atoms with Gasteiger partial charge in [0.15, 0.2) is 5.96 Å². The number of nitrogens with one attached hydrogen (secondary N) is 1. The number of halogens is 2. The maximum absolute atomic E-state index is 12.3. The highest BCUT2D eigenvalue weighted by Gasteiger charge is 2.30. The molecule has 2 heterocycles. The molecule has 1 unspecified atom stereocenters. The molecular formula is C15H26BrIN4O2. The quantitative estimate of drug-likeness (QED) is 0.363. The van der Waals surface area contributed by atoms with Crippen molar-refractivity contribution >= 4 is 51.8 Å². The fraction of sp³-hybridized carbons (Fsp3) is 0.733. The molecule has 1 atom stereocenters. The van der Waals surface area contributed by atoms with E-state index in [-0.39, 0.29) is 36.0 Å². The number of hydrogen-bond donors (Lipinski definition) is 1. The van der Waals surface area contributed by atoms with Gasteiger partial charge < -0.3 is 19.9 Å². The zero-order valence-corrected chi connectivity index (χ0v) is 17.5. The van der Waals surface area contributed by atoms with Gasteiger partial charge in [-0.3, -0.25) is 4.79 Å². The molecule has 0 aromatic heterocycles. The topological polar surface area (TPSA) is 57.2 Å². The number of hydrogen-bond acceptors (Lipinski definition) is 3. The van der Waals surface area contributed by atoms with Gasteiger partial charge >= 0.3 is 0 Å². The summed E-state index contributed by atoms with van der Waals surface area (Å²) in [5.74, 6) is 1.03. The first-order valence-corrected chi connectivity index (χ1v) is 8.68. The van der Waals surface area contributed by atoms with E-state index in [9.17, 15) is 4.79 Å². The van der Waals surface area contributed by atoms with Gasteiger partial charge in [-0.15, -0.1) is 24.0 Å². The number of aliphatic imine (C=N–C) groups is 1. The third kappa shape index (κ3) is 6.22. The van der Waals surface area contributed by atoms with Crippen molar-refractivity contribution in [2.75, 3.05) is 45.9 Å². The molecule has 2 aliphatic rings. The second kappa shape index (κ2) is 10.5. The van der Waals surface area contributed by atoms with Crippen LogP contribution in [0.15, 0.2) is 16.1 Å². The highest BCUT2D eigenvalue weighted by molar-refractivity contribution is 14.0. The Bertz CT molecular complexity index is 433. The molecular weight excluding hydrogens is 475 g/mol. The zero-order chi connectivity index (χ0) is 15.9. The number of piperazine rings is 1. The number of rotatable bonds is 4. The number of guanidine groups is 1. The van der Waals surface area contributed by atoms with Crippen LogP contribution in [0.2, 0.25) is 0 Å². The SMILES string of the molecule is C=C(Br)CN=C(NCC)N1CCN(C(=O)C2CCCO2)CC1.I. The van der Waals surface area contributed by atoms with Crippen LogP contribution in [0.3, 0.4) is 0 Å². The minimum Gasteiger partial charge on any atom is -0.368 e. The minimum absolute atomic E-state index is 0. The fourth-order valence-electron chi connectivity index (χ4n) is 2.70. The van der Waals surface area contributed by atoms with E-state index in [0.717, 1.165) is 56.0 Å². The van der Waals surface area contributed by atoms with E-state index in [4.69, 9.17) is 4.74 Å². The summed E-state index contributed by atoms with van der Waals surface area (Å²) < 4.78 is 6.35. The van der Waals surface area contributed by atoms with Gasteiger partial charge in [0.2, 0.25) is 0 Å². The summed E-state index contributed by atoms with van der Waals surface area (Å²) in [5.41, 5.74) is 0. The second-order valence-corrected chi connectivity index (χ2v) is 6.62. The molecule has 23 heavy (non-hydrogen) atoms. The van der Waals surface area contributed by atoms with E-state index in [1.165, 1.54) is 0 Å². The van der Waals surface area contributed by atoms with Crippen LogP contribution in [0.1, 0.15) is 19.8 Å². The normalized spacial score (nSPS) is 21.8. The lowest BCUT2D eigenvalue weighted by atomic mass is 10.2. The van der Waals surface area contributed by atoms with E-state index < -0.39 is 0 Å². The molecule has 2 saturated heterocycles. The summed E-state index contributed by atoms with van der Waals surface area (Å²) in [6, 6.07) is 0. The van der Waals surface area contributed by atoms with Crippen LogP contribution >= 0.6 is 39.9 Å². The molecule has 0 saturated carbocycles. The van der Waals surface area contributed by atoms with Crippen molar-refractivity contribution in [3.8, 4) is 0 Å². The van der Waals surface area contributed by atoms with Crippen molar-refractivity contribution in [3.05, 3.63) is 11.1 Å². The Morgan fingerprint density at radius 1 is 1.35 bits per heavy atom. The van der Waals surface area contributed by atoms with Gasteiger partial charge in [0.1, 0.15) is 6.10 Å². The lowest BCUT2D eigenvalue weighted by Gasteiger charge is -2.37. The Balaban J connectivity index is 0.00000264. The largest absolute Gasteiger partial charge is 0.368 e. The van der Waals surface area contributed by atoms with E-state index in [1.54, 1.807) is 0 Å². The van der Waals surface area contributed by atoms with Crippen molar-refractivity contribution in [2.24, 2.45) is 4.99 Å². The molecule has 1 N–H and O–H groups in total. The first kappa shape index (κ1) is 20.7. The number of nitrogens with zero attached hydrogens (tertiary/aromatic N) is 3. The molecule has 0 bridgehead atoms. The molecule has 0 spiro atoms. The van der Waals surface area contributed by atoms with E-state index in [0.29, 0.717) is 13.2 Å². The Labute approximate surface area is 163 Å². The summed E-state index contributed by atoms with van der Waals surface area (Å²) in [5, 5.41) is 3.29. The van der Waals surface area contributed by atoms with Crippen molar-refractivity contribution in [1.82, 2.24) is 15.1 Å². The third-order valence-corrected chi connectivity index (χ3v) is 4.08. The molecule has 0 aliphatic carbocycles. The standard InChI is InChI=1S/C15H25BrN4O2.HI/c1-3-17-15(18-11-12(2)16)20-8-6-19(7-9-20)14(21)13-5-4-10-22-13;/h13H,2-11H2,1H3,(H,17,18);1H. The summed E-state index contributed by atoms with van der Waals surface area (Å²) in [7, 11) is 0. The highest BCUT2D eigenvalue weighted by Crippen LogP contribution is 2.16. The van der Waals surface area contributed by atoms with Crippen LogP contribution in [-0.4, -0.2) is 73.6 Å². The van der Waals surface area contributed by atoms with Gasteiger partial charge in [0.05, 0.1) is 6.54 Å². The van der Waals surface area contributed by atoms with E-state index >= 15 is 0 Å². The predicted molar refractivity (Wildman–Crippen MR) is 107 cm³/mol. The zero-order valence-electron chi connectivity index (χ0n) is 13.6. The van der Waals surface area contributed by atoms with Gasteiger partial charge in [0, 0.05) is 43.8 Å². The van der Waals surface area contributed by atoms with Gasteiger partial charge in [-0.2, -0.15) is 0 Å². The van der Waals surface area contributed by atoms with Gasteiger partial charge in [0.25, 0.3) is 5.91 Å². The Morgan fingerprint density at radius 3 is 2.52 bits per heavy atom. The van der Waals surface area contributed by atoms with Gasteiger partial charge in [-0.1, -0.05) is 22.5 Å². The monoisotopic (exact) mass is 500 g/mol. The Kier molecular flexibility index (Phi) is 9.45. The molecule has 6 nitrogen and oxygen atoms in total. The van der Waals surface area contributed by atoms with Crippen molar-refractivity contribution in [2.45, 2.75) is 25.9 Å². The molecule has 2 rings (SSSR count). The lowest BCUT2D eigenvalue weighted by Crippen LogP contribution is -2.55. The molecule has 0 aromatic carbocycles. The van der Waals surface area contributed by atoms with Crippen molar-refractivity contribution in [1.29, 1.82) is 0 Å². The highest BCUT2D eigenvalue weighted by atomic mass is 127. The third-order valence-electron chi connectivity index (χ3n) is 3.83. The average molecular weight is 501 g/mol. The second-order valence-electron chi connectivity index (χ2n) is 5.50. The first-order valence-electron chi connectivity index (χ1n) is 7.88. The lowest BCUT2D eigenvalue weighted by molar-refractivity contribution is -0.142. The summed E-state index contributed by atoms with van der Waals surface area (Å²) in [4.78, 5) is 21.0.